The Morgan fingerprint density at radius 2 is 2.18 bits per heavy atom. The monoisotopic (exact) mass is 238 g/mol. The summed E-state index contributed by atoms with van der Waals surface area (Å²) >= 11 is 0. The van der Waals surface area contributed by atoms with Crippen LogP contribution in [0.3, 0.4) is 0 Å². The van der Waals surface area contributed by atoms with E-state index in [0.29, 0.717) is 6.04 Å². The highest BCUT2D eigenvalue weighted by Gasteiger charge is 2.09. The lowest BCUT2D eigenvalue weighted by Gasteiger charge is -2.21. The average Bonchev–Trinajstić information content (AvgIpc) is 2.74. The second-order valence-electron chi connectivity index (χ2n) is 4.51. The quantitative estimate of drug-likeness (QED) is 0.750. The molecule has 1 unspecified atom stereocenters. The van der Waals surface area contributed by atoms with Crippen molar-refractivity contribution in [3.05, 3.63) is 18.2 Å². The first kappa shape index (κ1) is 14.2. The number of imidazole rings is 1. The first-order valence-corrected chi connectivity index (χ1v) is 6.62. The molecule has 0 bridgehead atoms. The van der Waals surface area contributed by atoms with E-state index in [1.807, 2.05) is 19.4 Å². The molecule has 4 heteroatoms. The van der Waals surface area contributed by atoms with Gasteiger partial charge in [0.1, 0.15) is 5.82 Å². The summed E-state index contributed by atoms with van der Waals surface area (Å²) in [5.74, 6) is 1.10. The van der Waals surface area contributed by atoms with Crippen LogP contribution >= 0.6 is 0 Å². The predicted molar refractivity (Wildman–Crippen MR) is 72.0 cm³/mol. The van der Waals surface area contributed by atoms with E-state index in [9.17, 15) is 0 Å². The Hall–Kier alpha value is -0.870. The van der Waals surface area contributed by atoms with Gasteiger partial charge in [-0.25, -0.2) is 4.98 Å². The predicted octanol–water partition coefficient (Wildman–Crippen LogP) is 1.80. The Morgan fingerprint density at radius 1 is 1.41 bits per heavy atom. The van der Waals surface area contributed by atoms with Crippen molar-refractivity contribution in [2.24, 2.45) is 7.05 Å². The van der Waals surface area contributed by atoms with Crippen molar-refractivity contribution in [1.82, 2.24) is 19.8 Å². The van der Waals surface area contributed by atoms with Gasteiger partial charge in [0.2, 0.25) is 0 Å². The third-order valence-electron chi connectivity index (χ3n) is 3.11. The minimum atomic E-state index is 0.315. The summed E-state index contributed by atoms with van der Waals surface area (Å²) in [7, 11) is 2.04. The van der Waals surface area contributed by atoms with Crippen LogP contribution in [0.5, 0.6) is 0 Å². The van der Waals surface area contributed by atoms with Crippen molar-refractivity contribution in [3.63, 3.8) is 0 Å². The molecule has 0 aliphatic carbocycles. The van der Waals surface area contributed by atoms with Crippen molar-refractivity contribution in [1.29, 1.82) is 0 Å². The smallest absolute Gasteiger partial charge is 0.125 e. The van der Waals surface area contributed by atoms with Crippen LogP contribution < -0.4 is 5.32 Å². The first-order valence-electron chi connectivity index (χ1n) is 6.62. The van der Waals surface area contributed by atoms with Gasteiger partial charge in [-0.3, -0.25) is 0 Å². The molecule has 0 aliphatic rings. The van der Waals surface area contributed by atoms with Crippen LogP contribution in [0.2, 0.25) is 0 Å². The largest absolute Gasteiger partial charge is 0.337 e. The normalized spacial score (nSPS) is 13.2. The summed E-state index contributed by atoms with van der Waals surface area (Å²) in [6, 6.07) is 0.315. The van der Waals surface area contributed by atoms with Gasteiger partial charge in [-0.2, -0.15) is 0 Å². The highest BCUT2D eigenvalue weighted by Crippen LogP contribution is 2.07. The van der Waals surface area contributed by atoms with Crippen LogP contribution in [0.4, 0.5) is 0 Å². The molecule has 0 aromatic carbocycles. The lowest BCUT2D eigenvalue weighted by atomic mass is 10.3. The van der Waals surface area contributed by atoms with Crippen molar-refractivity contribution in [2.45, 2.75) is 33.2 Å². The molecular weight excluding hydrogens is 212 g/mol. The number of likely N-dealkylation sites (N-methyl/N-ethyl adjacent to an activating group) is 1. The van der Waals surface area contributed by atoms with Gasteiger partial charge in [-0.15, -0.1) is 0 Å². The Balaban J connectivity index is 2.29. The lowest BCUT2D eigenvalue weighted by molar-refractivity contribution is 0.283. The molecule has 0 radical (unpaired) electrons. The zero-order valence-corrected chi connectivity index (χ0v) is 11.6. The third-order valence-corrected chi connectivity index (χ3v) is 3.11. The van der Waals surface area contributed by atoms with Gasteiger partial charge in [-0.1, -0.05) is 13.8 Å². The van der Waals surface area contributed by atoms with E-state index < -0.39 is 0 Å². The van der Waals surface area contributed by atoms with Crippen molar-refractivity contribution < 1.29 is 0 Å². The van der Waals surface area contributed by atoms with Gasteiger partial charge in [0.25, 0.3) is 0 Å². The molecule has 98 valence electrons. The molecule has 4 nitrogen and oxygen atoms in total. The first-order chi connectivity index (χ1) is 8.19. The fourth-order valence-corrected chi connectivity index (χ4v) is 2.07. The fourth-order valence-electron chi connectivity index (χ4n) is 2.07. The maximum absolute atomic E-state index is 4.36. The molecule has 1 heterocycles. The minimum Gasteiger partial charge on any atom is -0.337 e. The maximum Gasteiger partial charge on any atom is 0.125 e. The molecule has 1 atom stereocenters. The molecule has 0 spiro atoms. The Morgan fingerprint density at radius 3 is 2.71 bits per heavy atom. The van der Waals surface area contributed by atoms with Crippen LogP contribution in [-0.2, 0) is 7.05 Å². The van der Waals surface area contributed by atoms with Crippen LogP contribution in [0.1, 0.15) is 39.1 Å². The van der Waals surface area contributed by atoms with Gasteiger partial charge in [0, 0.05) is 32.5 Å². The van der Waals surface area contributed by atoms with E-state index in [-0.39, 0.29) is 0 Å². The summed E-state index contributed by atoms with van der Waals surface area (Å²) in [6.07, 6.45) is 5.06. The molecule has 1 rings (SSSR count). The number of aromatic nitrogens is 2. The van der Waals surface area contributed by atoms with Crippen LogP contribution in [0.15, 0.2) is 12.4 Å². The highest BCUT2D eigenvalue weighted by atomic mass is 15.1. The summed E-state index contributed by atoms with van der Waals surface area (Å²) in [4.78, 5) is 6.83. The fraction of sp³-hybridized carbons (Fsp3) is 0.769. The number of nitrogens with zero attached hydrogens (tertiary/aromatic N) is 3. The molecule has 1 aromatic rings. The van der Waals surface area contributed by atoms with Gasteiger partial charge in [0.05, 0.1) is 6.04 Å². The Bertz CT molecular complexity index is 308. The second kappa shape index (κ2) is 7.45. The van der Waals surface area contributed by atoms with Gasteiger partial charge < -0.3 is 14.8 Å². The summed E-state index contributed by atoms with van der Waals surface area (Å²) in [5.41, 5.74) is 0. The number of hydrogen-bond acceptors (Lipinski definition) is 3. The summed E-state index contributed by atoms with van der Waals surface area (Å²) in [5, 5.41) is 3.52. The zero-order chi connectivity index (χ0) is 12.7. The van der Waals surface area contributed by atoms with E-state index >= 15 is 0 Å². The molecule has 0 saturated carbocycles. The van der Waals surface area contributed by atoms with Crippen molar-refractivity contribution in [2.75, 3.05) is 26.2 Å². The number of nitrogens with one attached hydrogen (secondary N) is 1. The topological polar surface area (TPSA) is 33.1 Å². The molecule has 0 aliphatic heterocycles. The molecular formula is C13H26N4. The SMILES string of the molecule is CCCN(CC)CCNC(C)c1nccn1C. The van der Waals surface area contributed by atoms with E-state index in [1.165, 1.54) is 13.0 Å². The van der Waals surface area contributed by atoms with Crippen LogP contribution in [0, 0.1) is 0 Å². The van der Waals surface area contributed by atoms with E-state index in [1.54, 1.807) is 0 Å². The number of aryl methyl sites for hydroxylation is 1. The van der Waals surface area contributed by atoms with Crippen molar-refractivity contribution >= 4 is 0 Å². The average molecular weight is 238 g/mol. The van der Waals surface area contributed by atoms with E-state index in [2.05, 4.69) is 40.5 Å². The number of hydrogen-bond donors (Lipinski definition) is 1. The molecule has 1 N–H and O–H groups in total. The van der Waals surface area contributed by atoms with Gasteiger partial charge in [-0.05, 0) is 26.4 Å². The van der Waals surface area contributed by atoms with E-state index in [4.69, 9.17) is 0 Å². The van der Waals surface area contributed by atoms with Crippen molar-refractivity contribution in [3.8, 4) is 0 Å². The third kappa shape index (κ3) is 4.48. The van der Waals surface area contributed by atoms with Gasteiger partial charge in [0.15, 0.2) is 0 Å². The van der Waals surface area contributed by atoms with Crippen LogP contribution in [0.25, 0.3) is 0 Å². The number of rotatable bonds is 8. The van der Waals surface area contributed by atoms with Crippen LogP contribution in [-0.4, -0.2) is 40.6 Å². The van der Waals surface area contributed by atoms with E-state index in [0.717, 1.165) is 25.5 Å². The standard InChI is InChI=1S/C13H26N4/c1-5-9-17(6-2)11-8-14-12(3)13-15-7-10-16(13)4/h7,10,12,14H,5-6,8-9,11H2,1-4H3. The summed E-state index contributed by atoms with van der Waals surface area (Å²) in [6.45, 7) is 11.1. The lowest BCUT2D eigenvalue weighted by Crippen LogP contribution is -2.34. The van der Waals surface area contributed by atoms with Gasteiger partial charge >= 0.3 is 0 Å². The highest BCUT2D eigenvalue weighted by molar-refractivity contribution is 4.96. The molecule has 0 amide bonds. The molecule has 17 heavy (non-hydrogen) atoms. The molecule has 1 aromatic heterocycles. The summed E-state index contributed by atoms with van der Waals surface area (Å²) < 4.78 is 2.07. The Kier molecular flexibility index (Phi) is 6.22. The molecule has 0 fully saturated rings. The Labute approximate surface area is 105 Å². The zero-order valence-electron chi connectivity index (χ0n) is 11.6. The molecule has 0 saturated heterocycles. The minimum absolute atomic E-state index is 0.315. The maximum atomic E-state index is 4.36. The second-order valence-corrected chi connectivity index (χ2v) is 4.51.